The smallest absolute Gasteiger partial charge is 0.236 e. The molecule has 1 rings (SSSR count). The van der Waals surface area contributed by atoms with E-state index in [1.165, 1.54) is 11.5 Å². The summed E-state index contributed by atoms with van der Waals surface area (Å²) in [7, 11) is 1.86. The van der Waals surface area contributed by atoms with E-state index in [1.807, 2.05) is 18.8 Å². The summed E-state index contributed by atoms with van der Waals surface area (Å²) < 4.78 is 0. The lowest BCUT2D eigenvalue weighted by molar-refractivity contribution is -0.130. The summed E-state index contributed by atoms with van der Waals surface area (Å²) >= 11 is 1.97. The molecule has 0 spiro atoms. The number of amides is 1. The lowest BCUT2D eigenvalue weighted by Gasteiger charge is -2.30. The molecule has 1 heterocycles. The third kappa shape index (κ3) is 2.38. The van der Waals surface area contributed by atoms with Gasteiger partial charge in [0, 0.05) is 13.1 Å². The zero-order valence-corrected chi connectivity index (χ0v) is 8.27. The van der Waals surface area contributed by atoms with E-state index < -0.39 is 0 Å². The Balaban J connectivity index is 2.39. The lowest BCUT2D eigenvalue weighted by atomic mass is 10.1. The summed E-state index contributed by atoms with van der Waals surface area (Å²) in [6, 6.07) is 0.433. The normalized spacial score (nSPS) is 19.2. The maximum Gasteiger partial charge on any atom is 0.236 e. The van der Waals surface area contributed by atoms with Crippen LogP contribution in [-0.2, 0) is 4.79 Å². The molecule has 70 valence electrons. The van der Waals surface area contributed by atoms with Gasteiger partial charge in [-0.25, -0.2) is 0 Å². The fourth-order valence-corrected chi connectivity index (χ4v) is 2.50. The second-order valence-corrected chi connectivity index (χ2v) is 4.28. The number of nitrogens with two attached hydrogens (primary N) is 1. The molecular formula is C8H16N2OS. The number of nitrogens with zero attached hydrogens (tertiary/aromatic N) is 1. The molecule has 1 amide bonds. The Bertz CT molecular complexity index is 157. The molecule has 1 saturated heterocycles. The van der Waals surface area contributed by atoms with Crippen LogP contribution in [0.25, 0.3) is 0 Å². The summed E-state index contributed by atoms with van der Waals surface area (Å²) in [5.41, 5.74) is 5.28. The van der Waals surface area contributed by atoms with Crippen LogP contribution in [0.2, 0.25) is 0 Å². The maximum absolute atomic E-state index is 11.2. The van der Waals surface area contributed by atoms with Crippen molar-refractivity contribution in [2.75, 3.05) is 25.1 Å². The zero-order chi connectivity index (χ0) is 8.97. The zero-order valence-electron chi connectivity index (χ0n) is 7.45. The molecule has 0 radical (unpaired) electrons. The lowest BCUT2D eigenvalue weighted by Crippen LogP contribution is -2.42. The molecule has 1 aliphatic rings. The Labute approximate surface area is 77.7 Å². The van der Waals surface area contributed by atoms with Gasteiger partial charge in [-0.3, -0.25) is 4.79 Å². The minimum atomic E-state index is 0.0619. The molecule has 0 atom stereocenters. The number of hydrogen-bond donors (Lipinski definition) is 1. The van der Waals surface area contributed by atoms with Crippen molar-refractivity contribution < 1.29 is 4.79 Å². The second-order valence-electron chi connectivity index (χ2n) is 3.05. The Morgan fingerprint density at radius 1 is 1.58 bits per heavy atom. The highest BCUT2D eigenvalue weighted by atomic mass is 32.2. The molecule has 1 aliphatic heterocycles. The minimum Gasteiger partial charge on any atom is -0.342 e. The first-order valence-electron chi connectivity index (χ1n) is 4.29. The number of rotatable bonds is 2. The van der Waals surface area contributed by atoms with Gasteiger partial charge in [0.1, 0.15) is 0 Å². The SMILES string of the molecule is CN(C(=O)CN)C1CCSCC1. The van der Waals surface area contributed by atoms with Crippen LogP contribution in [0, 0.1) is 0 Å². The Hall–Kier alpha value is -0.220. The van der Waals surface area contributed by atoms with E-state index in [0.29, 0.717) is 6.04 Å². The van der Waals surface area contributed by atoms with Crippen LogP contribution in [-0.4, -0.2) is 41.9 Å². The van der Waals surface area contributed by atoms with Gasteiger partial charge < -0.3 is 10.6 Å². The topological polar surface area (TPSA) is 46.3 Å². The minimum absolute atomic E-state index is 0.0619. The summed E-state index contributed by atoms with van der Waals surface area (Å²) in [5, 5.41) is 0. The van der Waals surface area contributed by atoms with Crippen molar-refractivity contribution in [3.8, 4) is 0 Å². The molecule has 0 aromatic carbocycles. The summed E-state index contributed by atoms with van der Waals surface area (Å²) in [5.74, 6) is 2.41. The fourth-order valence-electron chi connectivity index (χ4n) is 1.42. The van der Waals surface area contributed by atoms with Gasteiger partial charge in [-0.05, 0) is 24.3 Å². The molecule has 12 heavy (non-hydrogen) atoms. The van der Waals surface area contributed by atoms with Gasteiger partial charge in [0.25, 0.3) is 0 Å². The van der Waals surface area contributed by atoms with Gasteiger partial charge in [0.2, 0.25) is 5.91 Å². The van der Waals surface area contributed by atoms with Crippen molar-refractivity contribution in [3.05, 3.63) is 0 Å². The number of likely N-dealkylation sites (N-methyl/N-ethyl adjacent to an activating group) is 1. The van der Waals surface area contributed by atoms with E-state index >= 15 is 0 Å². The molecule has 0 bridgehead atoms. The molecule has 4 heteroatoms. The van der Waals surface area contributed by atoms with Crippen molar-refractivity contribution in [1.29, 1.82) is 0 Å². The van der Waals surface area contributed by atoms with Gasteiger partial charge >= 0.3 is 0 Å². The van der Waals surface area contributed by atoms with E-state index in [9.17, 15) is 4.79 Å². The largest absolute Gasteiger partial charge is 0.342 e. The number of carbonyl (C=O) groups excluding carboxylic acids is 1. The van der Waals surface area contributed by atoms with Crippen LogP contribution in [0.1, 0.15) is 12.8 Å². The predicted molar refractivity (Wildman–Crippen MR) is 52.2 cm³/mol. The van der Waals surface area contributed by atoms with Crippen molar-refractivity contribution >= 4 is 17.7 Å². The molecule has 0 aromatic heterocycles. The highest BCUT2D eigenvalue weighted by Crippen LogP contribution is 2.20. The number of hydrogen-bond acceptors (Lipinski definition) is 3. The van der Waals surface area contributed by atoms with E-state index in [4.69, 9.17) is 5.73 Å². The van der Waals surface area contributed by atoms with Gasteiger partial charge in [-0.1, -0.05) is 0 Å². The Morgan fingerprint density at radius 2 is 2.17 bits per heavy atom. The van der Waals surface area contributed by atoms with Gasteiger partial charge in [0.05, 0.1) is 6.54 Å². The van der Waals surface area contributed by atoms with E-state index in [-0.39, 0.29) is 12.5 Å². The molecule has 2 N–H and O–H groups in total. The van der Waals surface area contributed by atoms with Crippen LogP contribution in [0.3, 0.4) is 0 Å². The predicted octanol–water partition coefficient (Wildman–Crippen LogP) is 0.299. The summed E-state index contributed by atoms with van der Waals surface area (Å²) in [4.78, 5) is 13.0. The van der Waals surface area contributed by atoms with E-state index in [0.717, 1.165) is 12.8 Å². The van der Waals surface area contributed by atoms with E-state index in [1.54, 1.807) is 4.90 Å². The second kappa shape index (κ2) is 4.72. The number of thioether (sulfide) groups is 1. The quantitative estimate of drug-likeness (QED) is 0.678. The molecule has 0 unspecified atom stereocenters. The fraction of sp³-hybridized carbons (Fsp3) is 0.875. The average Bonchev–Trinajstić information content (AvgIpc) is 2.17. The average molecular weight is 188 g/mol. The molecule has 3 nitrogen and oxygen atoms in total. The highest BCUT2D eigenvalue weighted by Gasteiger charge is 2.20. The molecule has 0 saturated carbocycles. The molecule has 0 aliphatic carbocycles. The van der Waals surface area contributed by atoms with Crippen LogP contribution in [0.15, 0.2) is 0 Å². The van der Waals surface area contributed by atoms with Crippen LogP contribution in [0.5, 0.6) is 0 Å². The molecule has 1 fully saturated rings. The van der Waals surface area contributed by atoms with Crippen molar-refractivity contribution in [2.45, 2.75) is 18.9 Å². The van der Waals surface area contributed by atoms with Crippen molar-refractivity contribution in [2.24, 2.45) is 5.73 Å². The first-order valence-corrected chi connectivity index (χ1v) is 5.44. The third-order valence-corrected chi connectivity index (χ3v) is 3.36. The maximum atomic E-state index is 11.2. The summed E-state index contributed by atoms with van der Waals surface area (Å²) in [6.45, 7) is 0.139. The van der Waals surface area contributed by atoms with Gasteiger partial charge in [0.15, 0.2) is 0 Å². The van der Waals surface area contributed by atoms with Crippen LogP contribution >= 0.6 is 11.8 Å². The van der Waals surface area contributed by atoms with E-state index in [2.05, 4.69) is 0 Å². The third-order valence-electron chi connectivity index (χ3n) is 2.31. The molecule has 0 aromatic rings. The Morgan fingerprint density at radius 3 is 2.67 bits per heavy atom. The number of carbonyl (C=O) groups is 1. The van der Waals surface area contributed by atoms with Crippen LogP contribution in [0.4, 0.5) is 0 Å². The first kappa shape index (κ1) is 9.86. The highest BCUT2D eigenvalue weighted by molar-refractivity contribution is 7.99. The van der Waals surface area contributed by atoms with Crippen LogP contribution < -0.4 is 5.73 Å². The Kier molecular flexibility index (Phi) is 3.88. The monoisotopic (exact) mass is 188 g/mol. The standard InChI is InChI=1S/C8H16N2OS/c1-10(8(11)6-9)7-2-4-12-5-3-7/h7H,2-6,9H2,1H3. The van der Waals surface area contributed by atoms with Gasteiger partial charge in [-0.2, -0.15) is 11.8 Å². The summed E-state index contributed by atoms with van der Waals surface area (Å²) in [6.07, 6.45) is 2.24. The van der Waals surface area contributed by atoms with Gasteiger partial charge in [-0.15, -0.1) is 0 Å². The molecular weight excluding hydrogens is 172 g/mol. The van der Waals surface area contributed by atoms with Crippen molar-refractivity contribution in [1.82, 2.24) is 4.90 Å². The first-order chi connectivity index (χ1) is 5.75. The van der Waals surface area contributed by atoms with Crippen molar-refractivity contribution in [3.63, 3.8) is 0 Å².